The molecule has 2 aliphatic heterocycles. The Morgan fingerprint density at radius 2 is 1.48 bits per heavy atom. The summed E-state index contributed by atoms with van der Waals surface area (Å²) in [5.41, 5.74) is 3.26. The molecule has 4 N–H and O–H groups in total. The molecule has 0 spiro atoms. The predicted molar refractivity (Wildman–Crippen MR) is 263 cm³/mol. The highest BCUT2D eigenvalue weighted by Crippen LogP contribution is 2.40. The number of benzene rings is 1. The van der Waals surface area contributed by atoms with E-state index in [2.05, 4.69) is 43.0 Å². The molecule has 7 rings (SSSR count). The van der Waals surface area contributed by atoms with Crippen LogP contribution in [0.25, 0.3) is 16.9 Å². The Kier molecular flexibility index (Phi) is 19.7. The first-order valence-corrected chi connectivity index (χ1v) is 25.1. The first kappa shape index (κ1) is 53.2. The monoisotopic (exact) mass is 990 g/mol. The number of nitrogens with zero attached hydrogens (tertiary/aromatic N) is 7. The number of likely N-dealkylation sites (tertiary alicyclic amines) is 1. The maximum Gasteiger partial charge on any atom is 0.254 e. The quantitative estimate of drug-likeness (QED) is 0.0588. The van der Waals surface area contributed by atoms with E-state index in [1.54, 1.807) is 35.6 Å². The second-order valence-electron chi connectivity index (χ2n) is 19.4. The molecule has 2 saturated heterocycles. The lowest BCUT2D eigenvalue weighted by Gasteiger charge is -2.35. The molecule has 1 saturated carbocycles. The fraction of sp³-hybridized carbons (Fsp3) is 0.620. The summed E-state index contributed by atoms with van der Waals surface area (Å²) in [6.07, 6.45) is 11.7. The average molecular weight is 990 g/mol. The largest absolute Gasteiger partial charge is 0.379 e. The zero-order valence-electron chi connectivity index (χ0n) is 41.7. The Bertz CT molecular complexity index is 2350. The number of halogens is 1. The van der Waals surface area contributed by atoms with E-state index in [1.807, 2.05) is 36.3 Å². The van der Waals surface area contributed by atoms with Crippen molar-refractivity contribution in [1.82, 2.24) is 49.9 Å². The first-order valence-electron chi connectivity index (χ1n) is 25.1. The van der Waals surface area contributed by atoms with E-state index in [1.165, 1.54) is 6.07 Å². The summed E-state index contributed by atoms with van der Waals surface area (Å²) < 4.78 is 45.2. The number of H-pyrrole nitrogens is 1. The van der Waals surface area contributed by atoms with Crippen LogP contribution in [0.2, 0.25) is 0 Å². The van der Waals surface area contributed by atoms with Crippen molar-refractivity contribution in [3.05, 3.63) is 60.1 Å². The SMILES string of the molecule is C[C@@H]1CCCN1C(=O)[C@@H](NC(=O)CCOCCOCCOCCOCCOCCC(=O)NCCN1CCN(C(=O)c2ccc(Nc3nc(C4CC4)cn4c(-c5cn[nH]c5)cnc34)c(F)c2)CC1)C(C)(C)C. The topological polar surface area (TPSA) is 219 Å². The number of hydrogen-bond donors (Lipinski definition) is 4. The van der Waals surface area contributed by atoms with Gasteiger partial charge in [-0.25, -0.2) is 14.4 Å². The molecule has 0 unspecified atom stereocenters. The summed E-state index contributed by atoms with van der Waals surface area (Å²) in [4.78, 5) is 66.7. The molecular formula is C50H72FN11O9. The first-order chi connectivity index (χ1) is 34.4. The number of imidazole rings is 1. The average Bonchev–Trinajstić information content (AvgIpc) is 3.64. The third kappa shape index (κ3) is 15.7. The summed E-state index contributed by atoms with van der Waals surface area (Å²) in [6.45, 7) is 15.6. The van der Waals surface area contributed by atoms with E-state index in [-0.39, 0.29) is 67.0 Å². The second-order valence-corrected chi connectivity index (χ2v) is 19.4. The van der Waals surface area contributed by atoms with Crippen molar-refractivity contribution in [2.24, 2.45) is 5.41 Å². The number of aromatic nitrogens is 5. The van der Waals surface area contributed by atoms with Crippen LogP contribution in [-0.4, -0.2) is 187 Å². The van der Waals surface area contributed by atoms with Gasteiger partial charge in [-0.05, 0) is 56.2 Å². The molecule has 4 aromatic rings. The molecule has 1 aliphatic carbocycles. The number of nitrogens with one attached hydrogen (secondary N) is 4. The van der Waals surface area contributed by atoms with Crippen molar-refractivity contribution in [2.75, 3.05) is 117 Å². The molecule has 21 heteroatoms. The maximum atomic E-state index is 15.6. The molecule has 4 amide bonds. The molecule has 5 heterocycles. The van der Waals surface area contributed by atoms with E-state index in [0.29, 0.717) is 110 Å². The van der Waals surface area contributed by atoms with Crippen LogP contribution in [0, 0.1) is 11.2 Å². The van der Waals surface area contributed by atoms with Crippen LogP contribution >= 0.6 is 0 Å². The number of piperazine rings is 1. The van der Waals surface area contributed by atoms with Crippen molar-refractivity contribution in [1.29, 1.82) is 0 Å². The van der Waals surface area contributed by atoms with Gasteiger partial charge in [0.05, 0.1) is 95.5 Å². The Balaban J connectivity index is 0.661. The second kappa shape index (κ2) is 26.2. The minimum absolute atomic E-state index is 0.0176. The molecule has 3 aromatic heterocycles. The molecular weight excluding hydrogens is 918 g/mol. The molecule has 388 valence electrons. The van der Waals surface area contributed by atoms with Crippen LogP contribution in [0.15, 0.2) is 43.0 Å². The number of ether oxygens (including phenoxy) is 5. The molecule has 0 bridgehead atoms. The van der Waals surface area contributed by atoms with Gasteiger partial charge in [-0.15, -0.1) is 0 Å². The van der Waals surface area contributed by atoms with E-state index in [0.717, 1.165) is 49.2 Å². The highest BCUT2D eigenvalue weighted by Gasteiger charge is 2.38. The molecule has 3 fully saturated rings. The molecule has 71 heavy (non-hydrogen) atoms. The number of aromatic amines is 1. The fourth-order valence-corrected chi connectivity index (χ4v) is 8.57. The molecule has 2 atom stereocenters. The van der Waals surface area contributed by atoms with Crippen molar-refractivity contribution < 1.29 is 47.3 Å². The zero-order valence-corrected chi connectivity index (χ0v) is 41.7. The number of amides is 4. The van der Waals surface area contributed by atoms with Gasteiger partial charge >= 0.3 is 0 Å². The summed E-state index contributed by atoms with van der Waals surface area (Å²) >= 11 is 0. The van der Waals surface area contributed by atoms with Crippen LogP contribution in [0.1, 0.15) is 88.2 Å². The van der Waals surface area contributed by atoms with E-state index < -0.39 is 17.3 Å². The van der Waals surface area contributed by atoms with Gasteiger partial charge < -0.3 is 49.4 Å². The maximum absolute atomic E-state index is 15.6. The predicted octanol–water partition coefficient (Wildman–Crippen LogP) is 4.16. The van der Waals surface area contributed by atoms with Gasteiger partial charge in [-0.2, -0.15) is 5.10 Å². The van der Waals surface area contributed by atoms with Crippen molar-refractivity contribution in [2.45, 2.75) is 84.2 Å². The molecule has 1 aromatic carbocycles. The zero-order chi connectivity index (χ0) is 50.2. The number of anilines is 2. The highest BCUT2D eigenvalue weighted by molar-refractivity contribution is 5.95. The van der Waals surface area contributed by atoms with Gasteiger partial charge in [0.1, 0.15) is 11.9 Å². The Morgan fingerprint density at radius 1 is 0.831 bits per heavy atom. The van der Waals surface area contributed by atoms with Crippen molar-refractivity contribution in [3.8, 4) is 11.3 Å². The number of carbonyl (C=O) groups is 4. The standard InChI is InChI=1S/C50H72FN11O9/c1-35-6-5-14-61(35)49(66)45(50(2,3)4)58-44(64)12-21-68-23-25-70-27-29-71-28-26-69-24-22-67-20-11-43(63)52-13-15-59-16-18-60(19-17-59)48(65)37-9-10-40(39(51)30-37)56-46-47-53-33-42(38-31-54-55-32-38)62(47)34-41(57-46)36-7-8-36/h9-10,30-36,45H,5-8,11-29H2,1-4H3,(H,52,63)(H,54,55)(H,56,57)(H,58,64)/t35-,45-/m1/s1. The minimum atomic E-state index is -0.580. The number of fused-ring (bicyclic) bond motifs is 1. The Morgan fingerprint density at radius 3 is 2.06 bits per heavy atom. The lowest BCUT2D eigenvalue weighted by molar-refractivity contribution is -0.140. The smallest absolute Gasteiger partial charge is 0.254 e. The number of rotatable bonds is 28. The molecule has 20 nitrogen and oxygen atoms in total. The van der Waals surface area contributed by atoms with Gasteiger partial charge in [0.2, 0.25) is 17.7 Å². The van der Waals surface area contributed by atoms with Crippen LogP contribution < -0.4 is 16.0 Å². The van der Waals surface area contributed by atoms with Crippen LogP contribution in [0.4, 0.5) is 15.9 Å². The summed E-state index contributed by atoms with van der Waals surface area (Å²) in [5, 5.41) is 15.9. The Labute approximate surface area is 415 Å². The summed E-state index contributed by atoms with van der Waals surface area (Å²) in [7, 11) is 0. The summed E-state index contributed by atoms with van der Waals surface area (Å²) in [6, 6.07) is 4.08. The van der Waals surface area contributed by atoms with Crippen molar-refractivity contribution >= 4 is 40.8 Å². The molecule has 3 aliphatic rings. The minimum Gasteiger partial charge on any atom is -0.379 e. The Hall–Kier alpha value is -5.58. The van der Waals surface area contributed by atoms with Gasteiger partial charge in [-0.1, -0.05) is 20.8 Å². The van der Waals surface area contributed by atoms with Crippen LogP contribution in [0.5, 0.6) is 0 Å². The van der Waals surface area contributed by atoms with Crippen LogP contribution in [-0.2, 0) is 38.1 Å². The van der Waals surface area contributed by atoms with Gasteiger partial charge in [0, 0.05) is 94.1 Å². The highest BCUT2D eigenvalue weighted by atomic mass is 19.1. The number of hydrogen-bond acceptors (Lipinski definition) is 14. The fourth-order valence-electron chi connectivity index (χ4n) is 8.57. The summed E-state index contributed by atoms with van der Waals surface area (Å²) in [5.74, 6) is -0.330. The van der Waals surface area contributed by atoms with E-state index in [4.69, 9.17) is 28.7 Å². The van der Waals surface area contributed by atoms with E-state index in [9.17, 15) is 19.2 Å². The van der Waals surface area contributed by atoms with Crippen LogP contribution in [0.3, 0.4) is 0 Å². The normalized spacial score (nSPS) is 16.9. The van der Waals surface area contributed by atoms with Gasteiger partial charge in [0.15, 0.2) is 11.5 Å². The van der Waals surface area contributed by atoms with Gasteiger partial charge in [0.25, 0.3) is 5.91 Å². The third-order valence-corrected chi connectivity index (χ3v) is 12.9. The lowest BCUT2D eigenvalue weighted by Crippen LogP contribution is -2.55. The third-order valence-electron chi connectivity index (χ3n) is 12.9. The lowest BCUT2D eigenvalue weighted by atomic mass is 9.85. The molecule has 0 radical (unpaired) electrons. The van der Waals surface area contributed by atoms with Gasteiger partial charge in [-0.3, -0.25) is 33.6 Å². The van der Waals surface area contributed by atoms with E-state index >= 15 is 4.39 Å². The van der Waals surface area contributed by atoms with Crippen molar-refractivity contribution in [3.63, 3.8) is 0 Å². The number of carbonyl (C=O) groups excluding carboxylic acids is 4.